The number of carboxylic acid groups (broad SMARTS) is 1. The number of amides is 1. The number of hydrogen-bond donors (Lipinski definition) is 2. The summed E-state index contributed by atoms with van der Waals surface area (Å²) in [6.45, 7) is 0. The molecule has 2 aromatic rings. The van der Waals surface area contributed by atoms with Crippen LogP contribution < -0.4 is 5.32 Å². The third-order valence-electron chi connectivity index (χ3n) is 4.43. The lowest BCUT2D eigenvalue weighted by atomic mass is 9.82. The summed E-state index contributed by atoms with van der Waals surface area (Å²) in [4.78, 5) is 28.4. The fraction of sp³-hybridized carbons (Fsp3) is 0.389. The third-order valence-corrected chi connectivity index (χ3v) is 5.59. The second-order valence-corrected chi connectivity index (χ2v) is 7.26. The number of nitrogens with one attached hydrogen (secondary N) is 1. The van der Waals surface area contributed by atoms with Gasteiger partial charge in [-0.25, -0.2) is 18.6 Å². The number of thiazole rings is 1. The van der Waals surface area contributed by atoms with Gasteiger partial charge in [0, 0.05) is 12.3 Å². The second-order valence-electron chi connectivity index (χ2n) is 6.20. The van der Waals surface area contributed by atoms with Crippen LogP contribution in [0.2, 0.25) is 0 Å². The van der Waals surface area contributed by atoms with Crippen molar-refractivity contribution in [2.75, 3.05) is 0 Å². The van der Waals surface area contributed by atoms with Crippen LogP contribution in [0, 0.1) is 5.92 Å². The van der Waals surface area contributed by atoms with Crippen molar-refractivity contribution in [3.05, 3.63) is 41.4 Å². The first-order valence-corrected chi connectivity index (χ1v) is 9.09. The fourth-order valence-electron chi connectivity index (χ4n) is 3.10. The molecule has 0 radical (unpaired) electrons. The lowest BCUT2D eigenvalue weighted by Crippen LogP contribution is -2.46. The Balaban J connectivity index is 1.81. The topological polar surface area (TPSA) is 79.3 Å². The maximum Gasteiger partial charge on any atom is 0.326 e. The molecule has 0 bridgehead atoms. The molecule has 1 aliphatic carbocycles. The van der Waals surface area contributed by atoms with Crippen molar-refractivity contribution < 1.29 is 23.5 Å². The van der Waals surface area contributed by atoms with E-state index in [1.807, 2.05) is 36.4 Å². The van der Waals surface area contributed by atoms with Crippen molar-refractivity contribution in [3.8, 4) is 0 Å². The summed E-state index contributed by atoms with van der Waals surface area (Å²) in [6, 6.07) is 6.05. The molecule has 0 saturated carbocycles. The standard InChI is InChI=1S/C18H18F2N2O3S/c19-15(20)9-13(18(24)25)21-16(23)10-5-1-2-6-11(10)17-22-12-7-3-4-8-14(12)26-17/h1-4,7-8,10-11,13,15H,5-6,9H2,(H,21,23)(H,24,25). The largest absolute Gasteiger partial charge is 0.480 e. The smallest absolute Gasteiger partial charge is 0.326 e. The molecule has 0 saturated heterocycles. The number of alkyl halides is 2. The summed E-state index contributed by atoms with van der Waals surface area (Å²) in [5.74, 6) is -2.70. The highest BCUT2D eigenvalue weighted by atomic mass is 32.1. The number of allylic oxidation sites excluding steroid dienone is 2. The van der Waals surface area contributed by atoms with Gasteiger partial charge in [-0.1, -0.05) is 24.3 Å². The molecule has 2 N–H and O–H groups in total. The summed E-state index contributed by atoms with van der Waals surface area (Å²) in [6.07, 6.45) is 1.14. The number of rotatable bonds is 6. The van der Waals surface area contributed by atoms with Crippen LogP contribution in [0.15, 0.2) is 36.4 Å². The monoisotopic (exact) mass is 380 g/mol. The SMILES string of the molecule is O=C(O)C(CC(F)F)NC(=O)C1CC=CCC1c1nc2ccccc2s1. The van der Waals surface area contributed by atoms with E-state index in [9.17, 15) is 18.4 Å². The first-order chi connectivity index (χ1) is 12.5. The average molecular weight is 380 g/mol. The van der Waals surface area contributed by atoms with Crippen LogP contribution in [0.5, 0.6) is 0 Å². The van der Waals surface area contributed by atoms with Gasteiger partial charge in [0.05, 0.1) is 21.1 Å². The molecule has 3 atom stereocenters. The number of aliphatic carboxylic acids is 1. The molecule has 5 nitrogen and oxygen atoms in total. The van der Waals surface area contributed by atoms with Gasteiger partial charge in [-0.2, -0.15) is 0 Å². The molecule has 1 amide bonds. The number of nitrogens with zero attached hydrogens (tertiary/aromatic N) is 1. The Morgan fingerprint density at radius 3 is 2.69 bits per heavy atom. The molecule has 26 heavy (non-hydrogen) atoms. The molecule has 1 heterocycles. The van der Waals surface area contributed by atoms with Crippen LogP contribution >= 0.6 is 11.3 Å². The number of fused-ring (bicyclic) bond motifs is 1. The number of carboxylic acids is 1. The van der Waals surface area contributed by atoms with Crippen LogP contribution in [-0.2, 0) is 9.59 Å². The van der Waals surface area contributed by atoms with E-state index < -0.39 is 36.7 Å². The zero-order chi connectivity index (χ0) is 18.7. The predicted molar refractivity (Wildman–Crippen MR) is 94.4 cm³/mol. The van der Waals surface area contributed by atoms with Crippen molar-refractivity contribution in [2.24, 2.45) is 5.92 Å². The zero-order valence-electron chi connectivity index (χ0n) is 13.8. The van der Waals surface area contributed by atoms with E-state index in [0.717, 1.165) is 15.2 Å². The molecule has 8 heteroatoms. The van der Waals surface area contributed by atoms with Crippen molar-refractivity contribution >= 4 is 33.4 Å². The van der Waals surface area contributed by atoms with E-state index in [-0.39, 0.29) is 5.92 Å². The van der Waals surface area contributed by atoms with E-state index in [4.69, 9.17) is 5.11 Å². The number of benzene rings is 1. The molecule has 1 aromatic heterocycles. The van der Waals surface area contributed by atoms with Crippen LogP contribution in [0.4, 0.5) is 8.78 Å². The van der Waals surface area contributed by atoms with E-state index in [1.165, 1.54) is 11.3 Å². The minimum atomic E-state index is -2.80. The van der Waals surface area contributed by atoms with Crippen LogP contribution in [0.1, 0.15) is 30.2 Å². The lowest BCUT2D eigenvalue weighted by molar-refractivity contribution is -0.143. The summed E-state index contributed by atoms with van der Waals surface area (Å²) < 4.78 is 26.1. The Bertz CT molecular complexity index is 804. The lowest BCUT2D eigenvalue weighted by Gasteiger charge is -2.27. The quantitative estimate of drug-likeness (QED) is 0.751. The summed E-state index contributed by atoms with van der Waals surface area (Å²) >= 11 is 1.50. The van der Waals surface area contributed by atoms with E-state index in [2.05, 4.69) is 10.3 Å². The van der Waals surface area contributed by atoms with Gasteiger partial charge in [0.1, 0.15) is 6.04 Å². The highest BCUT2D eigenvalue weighted by Crippen LogP contribution is 2.38. The van der Waals surface area contributed by atoms with Gasteiger partial charge in [-0.3, -0.25) is 4.79 Å². The highest BCUT2D eigenvalue weighted by molar-refractivity contribution is 7.18. The Morgan fingerprint density at radius 1 is 1.27 bits per heavy atom. The maximum atomic E-state index is 12.6. The van der Waals surface area contributed by atoms with Crippen molar-refractivity contribution in [1.29, 1.82) is 0 Å². The second kappa shape index (κ2) is 7.90. The number of carbonyl (C=O) groups excluding carboxylic acids is 1. The molecular weight excluding hydrogens is 362 g/mol. The number of para-hydroxylation sites is 1. The van der Waals surface area contributed by atoms with Crippen LogP contribution in [0.3, 0.4) is 0 Å². The number of halogens is 2. The molecule has 138 valence electrons. The predicted octanol–water partition coefficient (Wildman–Crippen LogP) is 3.57. The molecular formula is C18H18F2N2O3S. The minimum absolute atomic E-state index is 0.196. The molecule has 1 aliphatic rings. The Hall–Kier alpha value is -2.35. The molecule has 0 spiro atoms. The van der Waals surface area contributed by atoms with Crippen LogP contribution in [-0.4, -0.2) is 34.4 Å². The Kier molecular flexibility index (Phi) is 5.61. The zero-order valence-corrected chi connectivity index (χ0v) is 14.6. The molecule has 0 aliphatic heterocycles. The van der Waals surface area contributed by atoms with Crippen molar-refractivity contribution in [3.63, 3.8) is 0 Å². The number of aromatic nitrogens is 1. The van der Waals surface area contributed by atoms with E-state index in [0.29, 0.717) is 12.8 Å². The van der Waals surface area contributed by atoms with E-state index in [1.54, 1.807) is 0 Å². The normalized spacial score (nSPS) is 21.0. The molecule has 1 aromatic carbocycles. The van der Waals surface area contributed by atoms with Gasteiger partial charge in [-0.15, -0.1) is 11.3 Å². The van der Waals surface area contributed by atoms with Crippen molar-refractivity contribution in [2.45, 2.75) is 37.6 Å². The van der Waals surface area contributed by atoms with Gasteiger partial charge >= 0.3 is 5.97 Å². The van der Waals surface area contributed by atoms with Gasteiger partial charge in [0.2, 0.25) is 12.3 Å². The summed E-state index contributed by atoms with van der Waals surface area (Å²) in [5.41, 5.74) is 0.849. The summed E-state index contributed by atoms with van der Waals surface area (Å²) in [7, 11) is 0. The summed E-state index contributed by atoms with van der Waals surface area (Å²) in [5, 5.41) is 12.2. The number of carbonyl (C=O) groups is 2. The molecule has 3 unspecified atom stereocenters. The van der Waals surface area contributed by atoms with Crippen LogP contribution in [0.25, 0.3) is 10.2 Å². The van der Waals surface area contributed by atoms with Gasteiger partial charge in [0.25, 0.3) is 0 Å². The first-order valence-electron chi connectivity index (χ1n) is 8.27. The number of hydrogen-bond acceptors (Lipinski definition) is 4. The maximum absolute atomic E-state index is 12.6. The Morgan fingerprint density at radius 2 is 2.00 bits per heavy atom. The third kappa shape index (κ3) is 4.07. The Labute approximate surface area is 152 Å². The fourth-order valence-corrected chi connectivity index (χ4v) is 4.25. The molecule has 0 fully saturated rings. The van der Waals surface area contributed by atoms with Crippen molar-refractivity contribution in [1.82, 2.24) is 10.3 Å². The molecule has 3 rings (SSSR count). The average Bonchev–Trinajstić information content (AvgIpc) is 3.04. The minimum Gasteiger partial charge on any atom is -0.480 e. The van der Waals surface area contributed by atoms with E-state index >= 15 is 0 Å². The van der Waals surface area contributed by atoms with Gasteiger partial charge in [0.15, 0.2) is 0 Å². The first kappa shape index (κ1) is 18.4. The van der Waals surface area contributed by atoms with Gasteiger partial charge in [-0.05, 0) is 25.0 Å². The van der Waals surface area contributed by atoms with Gasteiger partial charge < -0.3 is 10.4 Å². The highest BCUT2D eigenvalue weighted by Gasteiger charge is 2.35.